The van der Waals surface area contributed by atoms with Gasteiger partial charge in [0.1, 0.15) is 22.8 Å². The van der Waals surface area contributed by atoms with Crippen molar-refractivity contribution in [2.24, 2.45) is 5.16 Å². The second kappa shape index (κ2) is 9.28. The number of aliphatic carboxylic acids is 2. The number of nitrogens with one attached hydrogen (secondary N) is 1. The van der Waals surface area contributed by atoms with Crippen LogP contribution < -0.4 is 5.32 Å². The Balaban J connectivity index is 1.78. The number of carboxylic acid groups (broad SMARTS) is 2. The van der Waals surface area contributed by atoms with Gasteiger partial charge < -0.3 is 20.4 Å². The van der Waals surface area contributed by atoms with Gasteiger partial charge in [-0.2, -0.15) is 0 Å². The van der Waals surface area contributed by atoms with E-state index in [2.05, 4.69) is 20.3 Å². The van der Waals surface area contributed by atoms with Gasteiger partial charge in [-0.1, -0.05) is 16.8 Å². The number of thioether (sulfide) groups is 1. The number of amides is 2. The molecule has 2 aliphatic rings. The summed E-state index contributed by atoms with van der Waals surface area (Å²) in [5.41, 5.74) is 2.63. The molecule has 0 bridgehead atoms. The highest BCUT2D eigenvalue weighted by atomic mass is 35.5. The fourth-order valence-corrected chi connectivity index (χ4v) is 4.75. The Kier molecular flexibility index (Phi) is 6.74. The molecule has 0 aliphatic carbocycles. The zero-order valence-corrected chi connectivity index (χ0v) is 17.2. The monoisotopic (exact) mass is 472 g/mol. The third-order valence-electron chi connectivity index (χ3n) is 3.99. The number of aromatic nitrogens is 1. The first kappa shape index (κ1) is 21.8. The van der Waals surface area contributed by atoms with E-state index in [-0.39, 0.29) is 22.9 Å². The molecule has 0 aromatic carbocycles. The number of oxime groups is 1. The molecule has 1 fully saturated rings. The standard InChI is InChI=1S/C16H13ClN4O7S2/c17-2-1-7-4-30-15-11(14(25)21(15)12(7)16(26)27)19-13(24)10(8-5-29-6-18-8)20-28-3-9(22)23/h1-2,5-6,11,15H,3-4H2,(H,19,24)(H,22,23)(H,26,27)/b2-1+,20-10+. The normalized spacial score (nSPS) is 21.3. The minimum absolute atomic E-state index is 0.142. The van der Waals surface area contributed by atoms with Crippen LogP contribution in [0.1, 0.15) is 5.69 Å². The van der Waals surface area contributed by atoms with Crippen LogP contribution >= 0.6 is 34.7 Å². The Morgan fingerprint density at radius 1 is 1.43 bits per heavy atom. The summed E-state index contributed by atoms with van der Waals surface area (Å²) in [5.74, 6) is -3.70. The van der Waals surface area contributed by atoms with E-state index >= 15 is 0 Å². The molecule has 3 rings (SSSR count). The molecule has 2 unspecified atom stereocenters. The fourth-order valence-electron chi connectivity index (χ4n) is 2.74. The van der Waals surface area contributed by atoms with Gasteiger partial charge in [0.25, 0.3) is 11.8 Å². The summed E-state index contributed by atoms with van der Waals surface area (Å²) in [6.07, 6.45) is 1.40. The Bertz CT molecular complexity index is 976. The number of rotatable bonds is 8. The molecule has 158 valence electrons. The summed E-state index contributed by atoms with van der Waals surface area (Å²) >= 11 is 7.98. The molecule has 1 aromatic rings. The van der Waals surface area contributed by atoms with Crippen molar-refractivity contribution in [1.29, 1.82) is 0 Å². The van der Waals surface area contributed by atoms with Crippen LogP contribution in [0.2, 0.25) is 0 Å². The van der Waals surface area contributed by atoms with E-state index in [0.717, 1.165) is 10.4 Å². The zero-order valence-electron chi connectivity index (χ0n) is 14.9. The van der Waals surface area contributed by atoms with E-state index in [1.165, 1.54) is 40.1 Å². The van der Waals surface area contributed by atoms with Gasteiger partial charge in [0, 0.05) is 16.7 Å². The first-order valence-electron chi connectivity index (χ1n) is 8.14. The summed E-state index contributed by atoms with van der Waals surface area (Å²) in [6.45, 7) is -0.765. The van der Waals surface area contributed by atoms with Gasteiger partial charge in [-0.25, -0.2) is 14.6 Å². The van der Waals surface area contributed by atoms with Gasteiger partial charge in [-0.15, -0.1) is 23.1 Å². The first-order chi connectivity index (χ1) is 14.3. The number of hydrogen-bond donors (Lipinski definition) is 3. The quantitative estimate of drug-likeness (QED) is 0.277. The number of carbonyl (C=O) groups excluding carboxylic acids is 2. The molecule has 30 heavy (non-hydrogen) atoms. The van der Waals surface area contributed by atoms with Crippen molar-refractivity contribution in [2.45, 2.75) is 11.4 Å². The summed E-state index contributed by atoms with van der Waals surface area (Å²) in [7, 11) is 0. The Labute approximate surface area is 182 Å². The van der Waals surface area contributed by atoms with Gasteiger partial charge in [0.2, 0.25) is 6.61 Å². The van der Waals surface area contributed by atoms with Crippen LogP contribution in [-0.4, -0.2) is 73.3 Å². The smallest absolute Gasteiger partial charge is 0.352 e. The molecule has 14 heteroatoms. The maximum Gasteiger partial charge on any atom is 0.352 e. The van der Waals surface area contributed by atoms with E-state index in [1.807, 2.05) is 0 Å². The van der Waals surface area contributed by atoms with Crippen molar-refractivity contribution in [1.82, 2.24) is 15.2 Å². The van der Waals surface area contributed by atoms with Crippen LogP contribution in [0, 0.1) is 0 Å². The van der Waals surface area contributed by atoms with Crippen molar-refractivity contribution in [3.63, 3.8) is 0 Å². The summed E-state index contributed by atoms with van der Waals surface area (Å²) in [5, 5.41) is 25.0. The Hall–Kier alpha value is -2.90. The van der Waals surface area contributed by atoms with Gasteiger partial charge in [-0.3, -0.25) is 14.5 Å². The fraction of sp³-hybridized carbons (Fsp3) is 0.250. The van der Waals surface area contributed by atoms with Gasteiger partial charge in [0.05, 0.1) is 5.51 Å². The molecule has 2 aliphatic heterocycles. The molecule has 2 atom stereocenters. The average Bonchev–Trinajstić information content (AvgIpc) is 3.23. The summed E-state index contributed by atoms with van der Waals surface area (Å²) in [6, 6.07) is -0.998. The lowest BCUT2D eigenvalue weighted by atomic mass is 10.0. The van der Waals surface area contributed by atoms with Crippen molar-refractivity contribution in [3.05, 3.63) is 39.5 Å². The molecule has 1 saturated heterocycles. The van der Waals surface area contributed by atoms with Crippen LogP contribution in [-0.2, 0) is 24.0 Å². The minimum Gasteiger partial charge on any atom is -0.479 e. The molecule has 2 amide bonds. The van der Waals surface area contributed by atoms with Crippen LogP contribution in [0.5, 0.6) is 0 Å². The maximum atomic E-state index is 12.7. The summed E-state index contributed by atoms with van der Waals surface area (Å²) < 4.78 is 0. The molecule has 0 spiro atoms. The lowest BCUT2D eigenvalue weighted by molar-refractivity contribution is -0.150. The highest BCUT2D eigenvalue weighted by Crippen LogP contribution is 2.40. The SMILES string of the molecule is O=C(O)CO/N=C(/C(=O)NC1C(=O)N2C(C(=O)O)=C(/C=C/Cl)CSC12)c1cscn1. The molecule has 3 heterocycles. The molecule has 1 aromatic heterocycles. The first-order valence-corrected chi connectivity index (χ1v) is 10.6. The lowest BCUT2D eigenvalue weighted by Crippen LogP contribution is -2.71. The van der Waals surface area contributed by atoms with E-state index in [1.54, 1.807) is 0 Å². The largest absolute Gasteiger partial charge is 0.479 e. The molecule has 11 nitrogen and oxygen atoms in total. The number of carbonyl (C=O) groups is 4. The number of carboxylic acids is 2. The van der Waals surface area contributed by atoms with Gasteiger partial charge in [-0.05, 0) is 11.6 Å². The van der Waals surface area contributed by atoms with Crippen LogP contribution in [0.25, 0.3) is 0 Å². The Morgan fingerprint density at radius 2 is 2.20 bits per heavy atom. The third kappa shape index (κ3) is 4.32. The van der Waals surface area contributed by atoms with Gasteiger partial charge >= 0.3 is 11.9 Å². The summed E-state index contributed by atoms with van der Waals surface area (Å²) in [4.78, 5) is 57.2. The zero-order chi connectivity index (χ0) is 21.8. The highest BCUT2D eigenvalue weighted by molar-refractivity contribution is 8.00. The number of nitrogens with zero attached hydrogens (tertiary/aromatic N) is 3. The third-order valence-corrected chi connectivity index (χ3v) is 6.00. The number of allylic oxidation sites excluding steroid dienone is 1. The predicted molar refractivity (Wildman–Crippen MR) is 107 cm³/mol. The number of β-lactam (4-membered cyclic amide) rings is 1. The molecule has 0 saturated carbocycles. The minimum atomic E-state index is -1.28. The van der Waals surface area contributed by atoms with Crippen LogP contribution in [0.4, 0.5) is 0 Å². The molecule has 3 N–H and O–H groups in total. The number of fused-ring (bicyclic) bond motifs is 1. The number of thiazole rings is 1. The molecule has 0 radical (unpaired) electrons. The van der Waals surface area contributed by atoms with E-state index < -0.39 is 41.8 Å². The van der Waals surface area contributed by atoms with Crippen molar-refractivity contribution in [2.75, 3.05) is 12.4 Å². The van der Waals surface area contributed by atoms with Crippen molar-refractivity contribution < 1.29 is 34.2 Å². The maximum absolute atomic E-state index is 12.7. The van der Waals surface area contributed by atoms with Crippen molar-refractivity contribution >= 4 is 64.2 Å². The molecular weight excluding hydrogens is 460 g/mol. The second-order valence-electron chi connectivity index (χ2n) is 5.81. The predicted octanol–water partition coefficient (Wildman–Crippen LogP) is 0.440. The van der Waals surface area contributed by atoms with Crippen LogP contribution in [0.15, 0.2) is 38.9 Å². The van der Waals surface area contributed by atoms with E-state index in [4.69, 9.17) is 16.7 Å². The number of halogens is 1. The highest BCUT2D eigenvalue weighted by Gasteiger charge is 2.54. The second-order valence-corrected chi connectivity index (χ2v) is 7.89. The lowest BCUT2D eigenvalue weighted by Gasteiger charge is -2.49. The van der Waals surface area contributed by atoms with Crippen molar-refractivity contribution in [3.8, 4) is 0 Å². The van der Waals surface area contributed by atoms with Crippen LogP contribution in [0.3, 0.4) is 0 Å². The molecular formula is C16H13ClN4O7S2. The number of hydrogen-bond acceptors (Lipinski definition) is 9. The topological polar surface area (TPSA) is 158 Å². The van der Waals surface area contributed by atoms with E-state index in [9.17, 15) is 24.3 Å². The van der Waals surface area contributed by atoms with E-state index in [0.29, 0.717) is 5.57 Å². The Morgan fingerprint density at radius 3 is 2.80 bits per heavy atom. The average molecular weight is 473 g/mol. The van der Waals surface area contributed by atoms with Gasteiger partial charge in [0.15, 0.2) is 5.71 Å².